The van der Waals surface area contributed by atoms with E-state index in [1.807, 2.05) is 6.20 Å². The molecule has 1 saturated heterocycles. The lowest BCUT2D eigenvalue weighted by atomic mass is 10.2. The largest absolute Gasteiger partial charge is 0.313 e. The summed E-state index contributed by atoms with van der Waals surface area (Å²) >= 11 is 5.16. The van der Waals surface area contributed by atoms with Crippen molar-refractivity contribution in [1.82, 2.24) is 15.2 Å². The normalized spacial score (nSPS) is 24.9. The second-order valence-electron chi connectivity index (χ2n) is 3.20. The molecule has 1 aliphatic rings. The summed E-state index contributed by atoms with van der Waals surface area (Å²) in [5.41, 5.74) is 0. The Labute approximate surface area is 90.3 Å². The van der Waals surface area contributed by atoms with Crippen LogP contribution in [0.25, 0.3) is 0 Å². The third-order valence-corrected chi connectivity index (χ3v) is 3.87. The number of thiazole rings is 1. The van der Waals surface area contributed by atoms with Gasteiger partial charge in [0.15, 0.2) is 0 Å². The summed E-state index contributed by atoms with van der Waals surface area (Å²) in [6.45, 7) is 3.19. The van der Waals surface area contributed by atoms with E-state index in [2.05, 4.69) is 38.2 Å². The molecule has 1 fully saturated rings. The van der Waals surface area contributed by atoms with E-state index >= 15 is 0 Å². The minimum atomic E-state index is 0.449. The molecule has 0 spiro atoms. The first-order valence-electron chi connectivity index (χ1n) is 4.29. The summed E-state index contributed by atoms with van der Waals surface area (Å²) in [6, 6.07) is 0.449. The minimum absolute atomic E-state index is 0.449. The lowest BCUT2D eigenvalue weighted by Gasteiger charge is -2.31. The van der Waals surface area contributed by atoms with Gasteiger partial charge in [-0.15, -0.1) is 11.3 Å². The molecular weight excluding hydrogens is 250 g/mol. The standard InChI is InChI=1S/C8H12BrN3S/c1-12-3-2-10-4-6(12)8-11-5-7(9)13-8/h5-6,10H,2-4H2,1H3. The number of nitrogens with zero attached hydrogens (tertiary/aromatic N) is 2. The highest BCUT2D eigenvalue weighted by Crippen LogP contribution is 2.27. The van der Waals surface area contributed by atoms with Gasteiger partial charge < -0.3 is 5.32 Å². The van der Waals surface area contributed by atoms with Crippen LogP contribution >= 0.6 is 27.3 Å². The van der Waals surface area contributed by atoms with E-state index in [1.165, 1.54) is 5.01 Å². The summed E-state index contributed by atoms with van der Waals surface area (Å²) in [4.78, 5) is 6.73. The highest BCUT2D eigenvalue weighted by Gasteiger charge is 2.22. The summed E-state index contributed by atoms with van der Waals surface area (Å²) in [7, 11) is 2.15. The van der Waals surface area contributed by atoms with E-state index in [0.717, 1.165) is 23.4 Å². The van der Waals surface area contributed by atoms with Crippen LogP contribution < -0.4 is 5.32 Å². The smallest absolute Gasteiger partial charge is 0.112 e. The van der Waals surface area contributed by atoms with Crippen molar-refractivity contribution < 1.29 is 0 Å². The van der Waals surface area contributed by atoms with Gasteiger partial charge in [0.25, 0.3) is 0 Å². The van der Waals surface area contributed by atoms with Gasteiger partial charge >= 0.3 is 0 Å². The molecule has 1 N–H and O–H groups in total. The van der Waals surface area contributed by atoms with E-state index in [4.69, 9.17) is 0 Å². The van der Waals surface area contributed by atoms with E-state index in [0.29, 0.717) is 6.04 Å². The zero-order chi connectivity index (χ0) is 9.26. The van der Waals surface area contributed by atoms with Crippen LogP contribution in [0.2, 0.25) is 0 Å². The summed E-state index contributed by atoms with van der Waals surface area (Å²) in [5.74, 6) is 0. The Bertz CT molecular complexity index is 289. The van der Waals surface area contributed by atoms with Crippen molar-refractivity contribution in [3.05, 3.63) is 15.0 Å². The van der Waals surface area contributed by atoms with Crippen molar-refractivity contribution in [3.8, 4) is 0 Å². The molecule has 0 bridgehead atoms. The number of nitrogens with one attached hydrogen (secondary N) is 1. The molecule has 0 saturated carbocycles. The van der Waals surface area contributed by atoms with Crippen LogP contribution in [0, 0.1) is 0 Å². The maximum absolute atomic E-state index is 4.38. The molecule has 0 aliphatic carbocycles. The average molecular weight is 262 g/mol. The van der Waals surface area contributed by atoms with Gasteiger partial charge in [0, 0.05) is 19.6 Å². The molecule has 0 radical (unpaired) electrons. The van der Waals surface area contributed by atoms with Crippen LogP contribution in [0.5, 0.6) is 0 Å². The second kappa shape index (κ2) is 4.04. The number of likely N-dealkylation sites (N-methyl/N-ethyl adjacent to an activating group) is 1. The van der Waals surface area contributed by atoms with Crippen LogP contribution in [-0.2, 0) is 0 Å². The highest BCUT2D eigenvalue weighted by atomic mass is 79.9. The molecule has 1 unspecified atom stereocenters. The third-order valence-electron chi connectivity index (χ3n) is 2.29. The number of hydrogen-bond acceptors (Lipinski definition) is 4. The highest BCUT2D eigenvalue weighted by molar-refractivity contribution is 9.11. The zero-order valence-corrected chi connectivity index (χ0v) is 9.86. The van der Waals surface area contributed by atoms with Crippen LogP contribution in [0.15, 0.2) is 9.98 Å². The topological polar surface area (TPSA) is 28.2 Å². The maximum atomic E-state index is 4.38. The molecule has 5 heteroatoms. The lowest BCUT2D eigenvalue weighted by Crippen LogP contribution is -2.43. The molecule has 1 aromatic rings. The van der Waals surface area contributed by atoms with Gasteiger partial charge in [-0.25, -0.2) is 4.98 Å². The van der Waals surface area contributed by atoms with Crippen LogP contribution in [-0.4, -0.2) is 36.6 Å². The van der Waals surface area contributed by atoms with Gasteiger partial charge in [0.05, 0.1) is 16.0 Å². The molecule has 0 amide bonds. The van der Waals surface area contributed by atoms with E-state index in [9.17, 15) is 0 Å². The van der Waals surface area contributed by atoms with Crippen molar-refractivity contribution in [2.45, 2.75) is 6.04 Å². The molecule has 3 nitrogen and oxygen atoms in total. The monoisotopic (exact) mass is 261 g/mol. The Morgan fingerprint density at radius 2 is 2.62 bits per heavy atom. The summed E-state index contributed by atoms with van der Waals surface area (Å²) in [6.07, 6.45) is 1.88. The second-order valence-corrected chi connectivity index (χ2v) is 5.64. The third kappa shape index (κ3) is 2.10. The molecule has 1 aliphatic heterocycles. The number of rotatable bonds is 1. The van der Waals surface area contributed by atoms with Crippen molar-refractivity contribution in [1.29, 1.82) is 0 Å². The van der Waals surface area contributed by atoms with Gasteiger partial charge in [-0.05, 0) is 23.0 Å². The predicted octanol–water partition coefficient (Wildman–Crippen LogP) is 1.48. The molecule has 72 valence electrons. The van der Waals surface area contributed by atoms with Gasteiger partial charge in [0.1, 0.15) is 5.01 Å². The first-order chi connectivity index (χ1) is 6.27. The van der Waals surface area contributed by atoms with Gasteiger partial charge in [0.2, 0.25) is 0 Å². The van der Waals surface area contributed by atoms with Crippen molar-refractivity contribution >= 4 is 27.3 Å². The Hall–Kier alpha value is 0.0300. The lowest BCUT2D eigenvalue weighted by molar-refractivity contribution is 0.202. The average Bonchev–Trinajstić information content (AvgIpc) is 2.53. The molecule has 2 heterocycles. The maximum Gasteiger partial charge on any atom is 0.112 e. The van der Waals surface area contributed by atoms with Crippen molar-refractivity contribution in [2.75, 3.05) is 26.7 Å². The number of hydrogen-bond donors (Lipinski definition) is 1. The van der Waals surface area contributed by atoms with Crippen LogP contribution in [0.4, 0.5) is 0 Å². The van der Waals surface area contributed by atoms with Crippen LogP contribution in [0.3, 0.4) is 0 Å². The summed E-state index contributed by atoms with van der Waals surface area (Å²) in [5, 5.41) is 4.58. The Morgan fingerprint density at radius 1 is 1.77 bits per heavy atom. The number of halogens is 1. The molecular formula is C8H12BrN3S. The predicted molar refractivity (Wildman–Crippen MR) is 58.1 cm³/mol. The molecule has 0 aromatic carbocycles. The fourth-order valence-corrected chi connectivity index (χ4v) is 2.91. The number of piperazine rings is 1. The first-order valence-corrected chi connectivity index (χ1v) is 5.90. The van der Waals surface area contributed by atoms with Crippen molar-refractivity contribution in [3.63, 3.8) is 0 Å². The van der Waals surface area contributed by atoms with Gasteiger partial charge in [-0.1, -0.05) is 0 Å². The van der Waals surface area contributed by atoms with Gasteiger partial charge in [-0.2, -0.15) is 0 Å². The number of aromatic nitrogens is 1. The summed E-state index contributed by atoms with van der Waals surface area (Å²) < 4.78 is 1.11. The van der Waals surface area contributed by atoms with Crippen LogP contribution in [0.1, 0.15) is 11.0 Å². The van der Waals surface area contributed by atoms with Gasteiger partial charge in [-0.3, -0.25) is 4.90 Å². The Balaban J connectivity index is 2.14. The zero-order valence-electron chi connectivity index (χ0n) is 7.46. The van der Waals surface area contributed by atoms with E-state index in [1.54, 1.807) is 11.3 Å². The minimum Gasteiger partial charge on any atom is -0.313 e. The Kier molecular flexibility index (Phi) is 2.98. The van der Waals surface area contributed by atoms with E-state index in [-0.39, 0.29) is 0 Å². The Morgan fingerprint density at radius 3 is 3.23 bits per heavy atom. The van der Waals surface area contributed by atoms with Crippen molar-refractivity contribution in [2.24, 2.45) is 0 Å². The molecule has 13 heavy (non-hydrogen) atoms. The fourth-order valence-electron chi connectivity index (χ4n) is 1.50. The fraction of sp³-hybridized carbons (Fsp3) is 0.625. The molecule has 1 aromatic heterocycles. The SMILES string of the molecule is CN1CCNCC1c1ncc(Br)s1. The first kappa shape index (κ1) is 9.58. The molecule has 1 atom stereocenters. The van der Waals surface area contributed by atoms with E-state index < -0.39 is 0 Å². The quantitative estimate of drug-likeness (QED) is 0.831. The molecule has 2 rings (SSSR count).